The van der Waals surface area contributed by atoms with E-state index in [4.69, 9.17) is 4.74 Å². The van der Waals surface area contributed by atoms with Crippen molar-refractivity contribution >= 4 is 40.0 Å². The van der Waals surface area contributed by atoms with Gasteiger partial charge < -0.3 is 24.6 Å². The van der Waals surface area contributed by atoms with E-state index in [1.54, 1.807) is 0 Å². The fourth-order valence-corrected chi connectivity index (χ4v) is 8.76. The number of hydrogen-bond donors (Lipinski definition) is 1. The normalized spacial score (nSPS) is 25.5. The van der Waals surface area contributed by atoms with Crippen LogP contribution in [0.25, 0.3) is 0 Å². The zero-order valence-electron chi connectivity index (χ0n) is 27.3. The van der Waals surface area contributed by atoms with Gasteiger partial charge >= 0.3 is 12.1 Å². The summed E-state index contributed by atoms with van der Waals surface area (Å²) in [6, 6.07) is 13.7. The SMILES string of the molecule is Cc1ccc(COC(=O)N2CC[C@@H](N3CCc4ccccc4NC3=O)C[C@@]2(CC=O)N2CCC(C3CCN(C)CC3)CC2)cc1Br. The number of nitrogens with one attached hydrogen (secondary N) is 1. The van der Waals surface area contributed by atoms with E-state index in [9.17, 15) is 14.4 Å². The Labute approximate surface area is 281 Å². The Bertz CT molecular complexity index is 1410. The lowest BCUT2D eigenvalue weighted by Gasteiger charge is -2.57. The molecule has 2 aromatic rings. The van der Waals surface area contributed by atoms with Crippen LogP contribution in [0, 0.1) is 18.8 Å². The van der Waals surface area contributed by atoms with Crippen LogP contribution in [0.15, 0.2) is 46.9 Å². The largest absolute Gasteiger partial charge is 0.445 e. The molecule has 248 valence electrons. The van der Waals surface area contributed by atoms with E-state index >= 15 is 0 Å². The van der Waals surface area contributed by atoms with Gasteiger partial charge in [0, 0.05) is 55.2 Å². The monoisotopic (exact) mass is 693 g/mol. The Morgan fingerprint density at radius 3 is 2.43 bits per heavy atom. The van der Waals surface area contributed by atoms with Crippen molar-refractivity contribution in [2.45, 2.75) is 76.6 Å². The molecule has 4 heterocycles. The average Bonchev–Trinajstić information content (AvgIpc) is 3.23. The predicted octanol–water partition coefficient (Wildman–Crippen LogP) is 6.29. The molecule has 3 fully saturated rings. The average molecular weight is 695 g/mol. The molecular formula is C36H48BrN5O4. The summed E-state index contributed by atoms with van der Waals surface area (Å²) in [5.74, 6) is 1.39. The van der Waals surface area contributed by atoms with Gasteiger partial charge in [-0.05, 0) is 106 Å². The number of likely N-dealkylation sites (tertiary alicyclic amines) is 3. The van der Waals surface area contributed by atoms with Crippen molar-refractivity contribution < 1.29 is 19.1 Å². The van der Waals surface area contributed by atoms with Gasteiger partial charge in [0.25, 0.3) is 0 Å². The lowest BCUT2D eigenvalue weighted by Crippen LogP contribution is -2.69. The van der Waals surface area contributed by atoms with Crippen LogP contribution >= 0.6 is 15.9 Å². The van der Waals surface area contributed by atoms with Gasteiger partial charge in [0.05, 0.1) is 0 Å². The van der Waals surface area contributed by atoms with Crippen LogP contribution in [0.3, 0.4) is 0 Å². The summed E-state index contributed by atoms with van der Waals surface area (Å²) in [5.41, 5.74) is 3.14. The second-order valence-electron chi connectivity index (χ2n) is 13.8. The number of rotatable bonds is 7. The highest BCUT2D eigenvalue weighted by molar-refractivity contribution is 9.10. The van der Waals surface area contributed by atoms with Gasteiger partial charge in [-0.25, -0.2) is 9.59 Å². The number of carbonyl (C=O) groups is 3. The van der Waals surface area contributed by atoms with Gasteiger partial charge in [0.1, 0.15) is 18.6 Å². The Balaban J connectivity index is 1.23. The van der Waals surface area contributed by atoms with Crippen LogP contribution in [0.1, 0.15) is 61.6 Å². The number of urea groups is 1. The van der Waals surface area contributed by atoms with Crippen LogP contribution < -0.4 is 5.32 Å². The van der Waals surface area contributed by atoms with Gasteiger partial charge in [-0.15, -0.1) is 0 Å². The van der Waals surface area contributed by atoms with Gasteiger partial charge in [0.15, 0.2) is 0 Å². The summed E-state index contributed by atoms with van der Waals surface area (Å²) in [5, 5.41) is 3.13. The van der Waals surface area contributed by atoms with Crippen molar-refractivity contribution in [3.8, 4) is 0 Å². The van der Waals surface area contributed by atoms with Crippen molar-refractivity contribution in [2.75, 3.05) is 51.6 Å². The van der Waals surface area contributed by atoms with Gasteiger partial charge in [-0.1, -0.05) is 46.3 Å². The highest BCUT2D eigenvalue weighted by Gasteiger charge is 2.52. The number of amides is 3. The number of piperidine rings is 3. The minimum absolute atomic E-state index is 0.113. The van der Waals surface area contributed by atoms with Crippen molar-refractivity contribution in [1.82, 2.24) is 19.6 Å². The van der Waals surface area contributed by atoms with Crippen LogP contribution in [-0.4, -0.2) is 96.0 Å². The first-order valence-electron chi connectivity index (χ1n) is 17.0. The highest BCUT2D eigenvalue weighted by atomic mass is 79.9. The fourth-order valence-electron chi connectivity index (χ4n) is 8.33. The second-order valence-corrected chi connectivity index (χ2v) is 14.6. The van der Waals surface area contributed by atoms with E-state index in [1.165, 1.54) is 12.8 Å². The van der Waals surface area contributed by atoms with Crippen LogP contribution in [-0.2, 0) is 22.6 Å². The Hall–Kier alpha value is -2.95. The van der Waals surface area contributed by atoms with Gasteiger partial charge in [0.2, 0.25) is 0 Å². The maximum Gasteiger partial charge on any atom is 0.411 e. The number of para-hydroxylation sites is 1. The molecule has 6 rings (SSSR count). The molecule has 0 spiro atoms. The van der Waals surface area contributed by atoms with E-state index in [0.717, 1.165) is 84.5 Å². The Morgan fingerprint density at radius 1 is 1.00 bits per heavy atom. The standard InChI is InChI=1S/C36H48BrN5O4/c1-26-7-8-27(23-32(26)37)25-46-35(45)42-21-14-31(41-20-13-30-5-3-4-6-33(30)38-34(41)44)24-36(42,15-22-43)40-18-11-29(12-19-40)28-9-16-39(2)17-10-28/h3-8,22-23,28-29,31H,9-21,24-25H2,1-2H3,(H,38,44)/t31-,36+/m1/s1. The maximum absolute atomic E-state index is 14.0. The third-order valence-corrected chi connectivity index (χ3v) is 12.0. The number of ether oxygens (including phenoxy) is 1. The molecule has 2 atom stereocenters. The molecule has 0 unspecified atom stereocenters. The molecule has 10 heteroatoms. The van der Waals surface area contributed by atoms with Gasteiger partial charge in [-0.3, -0.25) is 9.80 Å². The zero-order chi connectivity index (χ0) is 32.3. The molecule has 2 aromatic carbocycles. The quantitative estimate of drug-likeness (QED) is 0.344. The number of hydrogen-bond acceptors (Lipinski definition) is 6. The van der Waals surface area contributed by atoms with Crippen LogP contribution in [0.2, 0.25) is 0 Å². The molecule has 0 aromatic heterocycles. The van der Waals surface area contributed by atoms with E-state index in [0.29, 0.717) is 31.8 Å². The molecule has 0 bridgehead atoms. The summed E-state index contributed by atoms with van der Waals surface area (Å²) in [7, 11) is 2.20. The van der Waals surface area contributed by atoms with E-state index in [2.05, 4.69) is 44.2 Å². The molecule has 0 aliphatic carbocycles. The third kappa shape index (κ3) is 6.99. The number of fused-ring (bicyclic) bond motifs is 1. The number of carbonyl (C=O) groups excluding carboxylic acids is 3. The molecular weight excluding hydrogens is 646 g/mol. The third-order valence-electron chi connectivity index (χ3n) is 11.1. The molecule has 3 amide bonds. The summed E-state index contributed by atoms with van der Waals surface area (Å²) >= 11 is 3.59. The summed E-state index contributed by atoms with van der Waals surface area (Å²) in [6.45, 7) is 7.14. The van der Waals surface area contributed by atoms with Crippen molar-refractivity contribution in [3.63, 3.8) is 0 Å². The maximum atomic E-state index is 14.0. The summed E-state index contributed by atoms with van der Waals surface area (Å²) in [4.78, 5) is 48.7. The number of halogens is 1. The van der Waals surface area contributed by atoms with Crippen molar-refractivity contribution in [2.24, 2.45) is 11.8 Å². The minimum Gasteiger partial charge on any atom is -0.445 e. The highest BCUT2D eigenvalue weighted by Crippen LogP contribution is 2.42. The van der Waals surface area contributed by atoms with E-state index in [-0.39, 0.29) is 25.1 Å². The molecule has 3 saturated heterocycles. The lowest BCUT2D eigenvalue weighted by molar-refractivity contribution is -0.129. The smallest absolute Gasteiger partial charge is 0.411 e. The molecule has 0 radical (unpaired) electrons. The minimum atomic E-state index is -0.854. The first kappa shape index (κ1) is 33.0. The van der Waals surface area contributed by atoms with Crippen molar-refractivity contribution in [1.29, 1.82) is 0 Å². The molecule has 1 N–H and O–H groups in total. The number of aldehydes is 1. The van der Waals surface area contributed by atoms with Crippen LogP contribution in [0.4, 0.5) is 15.3 Å². The topological polar surface area (TPSA) is 85.4 Å². The number of nitrogens with zero attached hydrogens (tertiary/aromatic N) is 4. The Morgan fingerprint density at radius 2 is 1.72 bits per heavy atom. The fraction of sp³-hybridized carbons (Fsp3) is 0.583. The molecule has 0 saturated carbocycles. The number of anilines is 1. The Kier molecular flexibility index (Phi) is 10.3. The number of aryl methyl sites for hydroxylation is 1. The summed E-state index contributed by atoms with van der Waals surface area (Å²) < 4.78 is 6.95. The molecule has 46 heavy (non-hydrogen) atoms. The van der Waals surface area contributed by atoms with Crippen molar-refractivity contribution in [3.05, 3.63) is 63.6 Å². The lowest BCUT2D eigenvalue weighted by atomic mass is 9.77. The van der Waals surface area contributed by atoms with E-state index in [1.807, 2.05) is 53.1 Å². The molecule has 4 aliphatic heterocycles. The second kappa shape index (κ2) is 14.4. The van der Waals surface area contributed by atoms with E-state index < -0.39 is 11.8 Å². The predicted molar refractivity (Wildman–Crippen MR) is 183 cm³/mol. The first-order chi connectivity index (χ1) is 22.3. The number of benzene rings is 2. The van der Waals surface area contributed by atoms with Gasteiger partial charge in [-0.2, -0.15) is 0 Å². The summed E-state index contributed by atoms with van der Waals surface area (Å²) in [6.07, 6.45) is 7.23. The first-order valence-corrected chi connectivity index (χ1v) is 17.8. The molecule has 4 aliphatic rings. The zero-order valence-corrected chi connectivity index (χ0v) is 28.8. The molecule has 9 nitrogen and oxygen atoms in total. The van der Waals surface area contributed by atoms with Crippen LogP contribution in [0.5, 0.6) is 0 Å².